The Hall–Kier alpha value is -6.98. The fourth-order valence-corrected chi connectivity index (χ4v) is 9.32. The highest BCUT2D eigenvalue weighted by atomic mass is 16.5. The van der Waals surface area contributed by atoms with Gasteiger partial charge in [0.15, 0.2) is 0 Å². The van der Waals surface area contributed by atoms with E-state index in [2.05, 4.69) is 184 Å². The van der Waals surface area contributed by atoms with Crippen LogP contribution in [-0.2, 0) is 0 Å². The number of hydrogen-bond donors (Lipinski definition) is 0. The molecule has 4 aromatic heterocycles. The summed E-state index contributed by atoms with van der Waals surface area (Å²) in [4.78, 5) is 9.89. The van der Waals surface area contributed by atoms with E-state index < -0.39 is 0 Å². The van der Waals surface area contributed by atoms with Crippen LogP contribution in [0.15, 0.2) is 146 Å². The van der Waals surface area contributed by atoms with Gasteiger partial charge in [-0.25, -0.2) is 9.97 Å². The minimum atomic E-state index is 0.750. The van der Waals surface area contributed by atoms with Crippen molar-refractivity contribution in [3.63, 3.8) is 0 Å². The molecule has 10 rings (SSSR count). The van der Waals surface area contributed by atoms with Crippen LogP contribution in [0.5, 0.6) is 11.5 Å². The zero-order valence-electron chi connectivity index (χ0n) is 33.1. The number of aromatic nitrogens is 4. The Balaban J connectivity index is 1.09. The fraction of sp³-hybridized carbons (Fsp3) is 0.115. The number of rotatable bonds is 6. The first-order valence-electron chi connectivity index (χ1n) is 19.6. The molecular weight excluding hydrogens is 697 g/mol. The molecule has 5 nitrogen and oxygen atoms in total. The maximum absolute atomic E-state index is 6.77. The van der Waals surface area contributed by atoms with Gasteiger partial charge in [0, 0.05) is 46.1 Å². The minimum absolute atomic E-state index is 0.750. The molecular formula is C52H42N4O. The van der Waals surface area contributed by atoms with E-state index in [0.29, 0.717) is 0 Å². The second-order valence-corrected chi connectivity index (χ2v) is 15.5. The second-order valence-electron chi connectivity index (χ2n) is 15.5. The summed E-state index contributed by atoms with van der Waals surface area (Å²) in [6, 6.07) is 47.5. The van der Waals surface area contributed by atoms with Gasteiger partial charge < -0.3 is 4.74 Å². The molecule has 0 spiro atoms. The molecule has 0 N–H and O–H groups in total. The van der Waals surface area contributed by atoms with Gasteiger partial charge in [-0.05, 0) is 147 Å². The molecule has 276 valence electrons. The number of pyridine rings is 2. The molecule has 0 bridgehead atoms. The fourth-order valence-electron chi connectivity index (χ4n) is 9.32. The molecule has 0 saturated heterocycles. The predicted octanol–water partition coefficient (Wildman–Crippen LogP) is 13.6. The van der Waals surface area contributed by atoms with Crippen molar-refractivity contribution in [2.24, 2.45) is 0 Å². The molecule has 4 heterocycles. The molecule has 0 aliphatic rings. The van der Waals surface area contributed by atoms with Crippen molar-refractivity contribution in [3.05, 3.63) is 179 Å². The number of nitrogens with zero attached hydrogens (tertiary/aromatic N) is 4. The largest absolute Gasteiger partial charge is 0.457 e. The van der Waals surface area contributed by atoms with Crippen LogP contribution in [0, 0.1) is 41.5 Å². The van der Waals surface area contributed by atoms with E-state index in [0.717, 1.165) is 67.1 Å². The summed E-state index contributed by atoms with van der Waals surface area (Å²) in [6.45, 7) is 13.1. The van der Waals surface area contributed by atoms with Crippen LogP contribution < -0.4 is 4.74 Å². The maximum Gasteiger partial charge on any atom is 0.138 e. The topological polar surface area (TPSA) is 44.9 Å². The number of benzene rings is 6. The van der Waals surface area contributed by atoms with Gasteiger partial charge in [0.1, 0.15) is 23.1 Å². The Kier molecular flexibility index (Phi) is 8.08. The summed E-state index contributed by atoms with van der Waals surface area (Å²) < 4.78 is 11.3. The van der Waals surface area contributed by atoms with Crippen LogP contribution in [0.3, 0.4) is 0 Å². The lowest BCUT2D eigenvalue weighted by molar-refractivity contribution is 0.484. The normalized spacial score (nSPS) is 11.7. The van der Waals surface area contributed by atoms with Gasteiger partial charge >= 0.3 is 0 Å². The van der Waals surface area contributed by atoms with Crippen molar-refractivity contribution in [1.29, 1.82) is 0 Å². The van der Waals surface area contributed by atoms with Gasteiger partial charge in [0.25, 0.3) is 0 Å². The van der Waals surface area contributed by atoms with Crippen molar-refractivity contribution in [1.82, 2.24) is 19.1 Å². The number of para-hydroxylation sites is 2. The average Bonchev–Trinajstić information content (AvgIpc) is 3.69. The Morgan fingerprint density at radius 2 is 0.772 bits per heavy atom. The summed E-state index contributed by atoms with van der Waals surface area (Å²) in [6.07, 6.45) is 3.85. The lowest BCUT2D eigenvalue weighted by atomic mass is 9.94. The zero-order chi connectivity index (χ0) is 38.9. The first kappa shape index (κ1) is 34.5. The van der Waals surface area contributed by atoms with Crippen LogP contribution in [0.1, 0.15) is 33.4 Å². The monoisotopic (exact) mass is 738 g/mol. The smallest absolute Gasteiger partial charge is 0.138 e. The van der Waals surface area contributed by atoms with E-state index in [4.69, 9.17) is 14.7 Å². The van der Waals surface area contributed by atoms with Gasteiger partial charge in [0.05, 0.1) is 22.1 Å². The molecule has 0 unspecified atom stereocenters. The van der Waals surface area contributed by atoms with Crippen LogP contribution in [0.2, 0.25) is 0 Å². The van der Waals surface area contributed by atoms with E-state index in [1.165, 1.54) is 55.3 Å². The van der Waals surface area contributed by atoms with E-state index in [-0.39, 0.29) is 0 Å². The van der Waals surface area contributed by atoms with E-state index >= 15 is 0 Å². The molecule has 0 radical (unpaired) electrons. The SMILES string of the molecule is Cc1cc(C)c(-c2ccnc(-n3c4ccccc4c4ccc(Oc5ccc6c7ccccc7n(-c7cc(-c8c(C)cc(C)cc8C)ccn7)c6c5)cc43)c2)c(C)c1. The lowest BCUT2D eigenvalue weighted by Crippen LogP contribution is -1.99. The first-order valence-corrected chi connectivity index (χ1v) is 19.6. The third-order valence-electron chi connectivity index (χ3n) is 11.4. The highest BCUT2D eigenvalue weighted by Crippen LogP contribution is 2.39. The molecule has 0 atom stereocenters. The highest BCUT2D eigenvalue weighted by Gasteiger charge is 2.18. The van der Waals surface area contributed by atoms with Gasteiger partial charge in [-0.15, -0.1) is 0 Å². The van der Waals surface area contributed by atoms with Gasteiger partial charge in [0.2, 0.25) is 0 Å². The number of ether oxygens (including phenoxy) is 1. The summed E-state index contributed by atoms with van der Waals surface area (Å²) in [5.74, 6) is 3.24. The molecule has 5 heteroatoms. The zero-order valence-corrected chi connectivity index (χ0v) is 33.1. The summed E-state index contributed by atoms with van der Waals surface area (Å²) >= 11 is 0. The number of hydrogen-bond acceptors (Lipinski definition) is 3. The molecule has 0 aliphatic heterocycles. The van der Waals surface area contributed by atoms with Crippen LogP contribution in [0.25, 0.3) is 77.5 Å². The third kappa shape index (κ3) is 5.77. The molecule has 57 heavy (non-hydrogen) atoms. The van der Waals surface area contributed by atoms with E-state index in [9.17, 15) is 0 Å². The van der Waals surface area contributed by atoms with Crippen molar-refractivity contribution in [2.75, 3.05) is 0 Å². The number of aryl methyl sites for hydroxylation is 6. The van der Waals surface area contributed by atoms with Crippen molar-refractivity contribution in [2.45, 2.75) is 41.5 Å². The minimum Gasteiger partial charge on any atom is -0.457 e. The quantitative estimate of drug-likeness (QED) is 0.171. The van der Waals surface area contributed by atoms with Crippen molar-refractivity contribution in [3.8, 4) is 45.4 Å². The standard InChI is InChI=1S/C52H42N4O/c1-31-23-33(3)51(34(4)24-31)37-19-21-53-49(27-37)55-45-13-9-7-11-41(45)43-17-15-39(29-47(43)55)57-40-16-18-44-42-12-8-10-14-46(42)56(48(44)30-40)50-28-38(20-22-54-50)52-35(5)25-32(2)26-36(52)6/h7-30H,1-6H3. The predicted molar refractivity (Wildman–Crippen MR) is 237 cm³/mol. The van der Waals surface area contributed by atoms with Crippen molar-refractivity contribution < 1.29 is 4.74 Å². The second kappa shape index (κ2) is 13.3. The van der Waals surface area contributed by atoms with Crippen molar-refractivity contribution >= 4 is 43.6 Å². The highest BCUT2D eigenvalue weighted by molar-refractivity contribution is 6.10. The molecule has 10 aromatic rings. The Bertz CT molecular complexity index is 2970. The van der Waals surface area contributed by atoms with Gasteiger partial charge in [-0.2, -0.15) is 0 Å². The maximum atomic E-state index is 6.77. The van der Waals surface area contributed by atoms with Gasteiger partial charge in [-0.1, -0.05) is 71.8 Å². The molecule has 0 aliphatic carbocycles. The van der Waals surface area contributed by atoms with E-state index in [1.54, 1.807) is 0 Å². The average molecular weight is 739 g/mol. The Labute approximate surface area is 332 Å². The summed E-state index contributed by atoms with van der Waals surface area (Å²) in [7, 11) is 0. The molecule has 0 amide bonds. The van der Waals surface area contributed by atoms with Crippen LogP contribution >= 0.6 is 0 Å². The summed E-state index contributed by atoms with van der Waals surface area (Å²) in [5.41, 5.74) is 16.7. The Morgan fingerprint density at radius 1 is 0.386 bits per heavy atom. The lowest BCUT2D eigenvalue weighted by Gasteiger charge is -2.14. The Morgan fingerprint density at radius 3 is 1.19 bits per heavy atom. The van der Waals surface area contributed by atoms with E-state index in [1.807, 2.05) is 12.4 Å². The van der Waals surface area contributed by atoms with Gasteiger partial charge in [-0.3, -0.25) is 9.13 Å². The molecule has 6 aromatic carbocycles. The van der Waals surface area contributed by atoms with Crippen LogP contribution in [-0.4, -0.2) is 19.1 Å². The number of fused-ring (bicyclic) bond motifs is 6. The van der Waals surface area contributed by atoms with Crippen LogP contribution in [0.4, 0.5) is 0 Å². The first-order chi connectivity index (χ1) is 27.7. The summed E-state index contributed by atoms with van der Waals surface area (Å²) in [5, 5.41) is 4.64. The third-order valence-corrected chi connectivity index (χ3v) is 11.4. The molecule has 0 fully saturated rings. The molecule has 0 saturated carbocycles.